The Labute approximate surface area is 99.6 Å². The van der Waals surface area contributed by atoms with Crippen LogP contribution in [0.1, 0.15) is 26.2 Å². The summed E-state index contributed by atoms with van der Waals surface area (Å²) in [6, 6.07) is 1.08. The van der Waals surface area contributed by atoms with Crippen LogP contribution in [0, 0.1) is 17.2 Å². The van der Waals surface area contributed by atoms with E-state index in [1.54, 1.807) is 0 Å². The molecule has 6 nitrogen and oxygen atoms in total. The second-order valence-corrected chi connectivity index (χ2v) is 4.03. The van der Waals surface area contributed by atoms with Gasteiger partial charge in [0.25, 0.3) is 5.91 Å². The van der Waals surface area contributed by atoms with Crippen molar-refractivity contribution in [1.82, 2.24) is 10.2 Å². The fourth-order valence-corrected chi connectivity index (χ4v) is 1.68. The molecule has 0 aromatic carbocycles. The molecule has 0 radical (unpaired) electrons. The lowest BCUT2D eigenvalue weighted by atomic mass is 10.0. The molecule has 2 atom stereocenters. The number of hydrogen-bond acceptors (Lipinski definition) is 4. The van der Waals surface area contributed by atoms with Gasteiger partial charge < -0.3 is 5.32 Å². The normalized spacial score (nSPS) is 21.2. The molecule has 6 heteroatoms. The first kappa shape index (κ1) is 13.2. The Kier molecular flexibility index (Phi) is 4.21. The maximum Gasteiger partial charge on any atom is 0.252 e. The van der Waals surface area contributed by atoms with Gasteiger partial charge in [0.05, 0.1) is 12.5 Å². The number of carbonyl (C=O) groups excluding carboxylic acids is 3. The van der Waals surface area contributed by atoms with Crippen LogP contribution in [0.25, 0.3) is 0 Å². The van der Waals surface area contributed by atoms with Crippen LogP contribution in [0.4, 0.5) is 0 Å². The van der Waals surface area contributed by atoms with Gasteiger partial charge in [0.15, 0.2) is 0 Å². The summed E-state index contributed by atoms with van der Waals surface area (Å²) in [6.07, 6.45) is 1.14. The first-order chi connectivity index (χ1) is 8.01. The molecule has 0 spiro atoms. The number of nitriles is 1. The van der Waals surface area contributed by atoms with Crippen LogP contribution in [-0.4, -0.2) is 35.7 Å². The number of likely N-dealkylation sites (tertiary alicyclic amines) is 1. The zero-order valence-electron chi connectivity index (χ0n) is 9.90. The van der Waals surface area contributed by atoms with Crippen molar-refractivity contribution in [2.45, 2.75) is 32.2 Å². The van der Waals surface area contributed by atoms with Crippen LogP contribution in [0.5, 0.6) is 0 Å². The number of nitrogens with zero attached hydrogens (tertiary/aromatic N) is 2. The third-order valence-electron chi connectivity index (χ3n) is 2.75. The topological polar surface area (TPSA) is 90.3 Å². The minimum Gasteiger partial charge on any atom is -0.343 e. The average Bonchev–Trinajstić information content (AvgIpc) is 2.54. The predicted octanol–water partition coefficient (Wildman–Crippen LogP) is -0.200. The molecule has 0 aromatic heterocycles. The quantitative estimate of drug-likeness (QED) is 0.685. The molecular formula is C11H15N3O3. The molecule has 1 heterocycles. The molecular weight excluding hydrogens is 222 g/mol. The molecule has 2 unspecified atom stereocenters. The molecule has 3 amide bonds. The van der Waals surface area contributed by atoms with E-state index in [9.17, 15) is 14.4 Å². The minimum atomic E-state index is -0.812. The van der Waals surface area contributed by atoms with Gasteiger partial charge in [-0.15, -0.1) is 0 Å². The van der Waals surface area contributed by atoms with Gasteiger partial charge in [-0.1, -0.05) is 13.3 Å². The highest BCUT2D eigenvalue weighted by Crippen LogP contribution is 2.12. The smallest absolute Gasteiger partial charge is 0.252 e. The highest BCUT2D eigenvalue weighted by molar-refractivity contribution is 6.06. The summed E-state index contributed by atoms with van der Waals surface area (Å²) in [7, 11) is 1.38. The SMILES string of the molecule is CCCC(C#N)C(=O)NC1CC(=O)N(C)C1=O. The van der Waals surface area contributed by atoms with Gasteiger partial charge in [0.1, 0.15) is 12.0 Å². The molecule has 1 aliphatic heterocycles. The maximum absolute atomic E-state index is 11.7. The standard InChI is InChI=1S/C11H15N3O3/c1-3-4-7(6-12)10(16)13-8-5-9(15)14(2)11(8)17/h7-8H,3-5H2,1-2H3,(H,13,16). The van der Waals surface area contributed by atoms with E-state index in [4.69, 9.17) is 5.26 Å². The Balaban J connectivity index is 2.61. The van der Waals surface area contributed by atoms with E-state index in [1.807, 2.05) is 13.0 Å². The van der Waals surface area contributed by atoms with Crippen molar-refractivity contribution in [3.8, 4) is 6.07 Å². The van der Waals surface area contributed by atoms with Crippen molar-refractivity contribution < 1.29 is 14.4 Å². The summed E-state index contributed by atoms with van der Waals surface area (Å²) < 4.78 is 0. The van der Waals surface area contributed by atoms with Crippen molar-refractivity contribution in [1.29, 1.82) is 5.26 Å². The van der Waals surface area contributed by atoms with Crippen molar-refractivity contribution in [2.24, 2.45) is 5.92 Å². The lowest BCUT2D eigenvalue weighted by Crippen LogP contribution is -2.43. The van der Waals surface area contributed by atoms with Gasteiger partial charge in [-0.25, -0.2) is 0 Å². The van der Waals surface area contributed by atoms with E-state index in [2.05, 4.69) is 5.32 Å². The van der Waals surface area contributed by atoms with Gasteiger partial charge in [0, 0.05) is 7.05 Å². The van der Waals surface area contributed by atoms with Crippen molar-refractivity contribution in [3.63, 3.8) is 0 Å². The summed E-state index contributed by atoms with van der Waals surface area (Å²) in [5, 5.41) is 11.3. The highest BCUT2D eigenvalue weighted by atomic mass is 16.2. The highest BCUT2D eigenvalue weighted by Gasteiger charge is 2.37. The fourth-order valence-electron chi connectivity index (χ4n) is 1.68. The zero-order valence-corrected chi connectivity index (χ0v) is 9.90. The number of nitrogens with one attached hydrogen (secondary N) is 1. The average molecular weight is 237 g/mol. The van der Waals surface area contributed by atoms with E-state index in [-0.39, 0.29) is 12.3 Å². The van der Waals surface area contributed by atoms with Crippen molar-refractivity contribution in [2.75, 3.05) is 7.05 Å². The molecule has 1 N–H and O–H groups in total. The Morgan fingerprint density at radius 2 is 2.29 bits per heavy atom. The molecule has 1 fully saturated rings. The number of carbonyl (C=O) groups is 3. The monoisotopic (exact) mass is 237 g/mol. The van der Waals surface area contributed by atoms with Gasteiger partial charge in [-0.2, -0.15) is 5.26 Å². The molecule has 92 valence electrons. The molecule has 0 aromatic rings. The first-order valence-electron chi connectivity index (χ1n) is 5.51. The molecule has 1 aliphatic rings. The predicted molar refractivity (Wildman–Crippen MR) is 58.3 cm³/mol. The second kappa shape index (κ2) is 5.43. The van der Waals surface area contributed by atoms with Crippen LogP contribution < -0.4 is 5.32 Å². The molecule has 17 heavy (non-hydrogen) atoms. The lowest BCUT2D eigenvalue weighted by Gasteiger charge is -2.13. The Morgan fingerprint density at radius 1 is 1.65 bits per heavy atom. The number of amides is 3. The first-order valence-corrected chi connectivity index (χ1v) is 5.51. The Morgan fingerprint density at radius 3 is 2.71 bits per heavy atom. The molecule has 0 saturated carbocycles. The number of imide groups is 1. The van der Waals surface area contributed by atoms with E-state index in [0.717, 1.165) is 4.90 Å². The van der Waals surface area contributed by atoms with Crippen LogP contribution in [-0.2, 0) is 14.4 Å². The van der Waals surface area contributed by atoms with E-state index in [1.165, 1.54) is 7.05 Å². The molecule has 1 rings (SSSR count). The van der Waals surface area contributed by atoms with Crippen LogP contribution >= 0.6 is 0 Å². The third-order valence-corrected chi connectivity index (χ3v) is 2.75. The summed E-state index contributed by atoms with van der Waals surface area (Å²) in [6.45, 7) is 1.87. The number of hydrogen-bond donors (Lipinski definition) is 1. The fraction of sp³-hybridized carbons (Fsp3) is 0.636. The molecule has 1 saturated heterocycles. The third kappa shape index (κ3) is 2.81. The van der Waals surface area contributed by atoms with Gasteiger partial charge >= 0.3 is 0 Å². The van der Waals surface area contributed by atoms with Crippen LogP contribution in [0.3, 0.4) is 0 Å². The van der Waals surface area contributed by atoms with Crippen molar-refractivity contribution >= 4 is 17.7 Å². The zero-order chi connectivity index (χ0) is 13.0. The summed E-state index contributed by atoms with van der Waals surface area (Å²) in [5.74, 6) is -1.97. The van der Waals surface area contributed by atoms with E-state index in [0.29, 0.717) is 12.8 Å². The second-order valence-electron chi connectivity index (χ2n) is 4.03. The Hall–Kier alpha value is -1.90. The van der Waals surface area contributed by atoms with Crippen LogP contribution in [0.15, 0.2) is 0 Å². The lowest BCUT2D eigenvalue weighted by molar-refractivity contribution is -0.138. The minimum absolute atomic E-state index is 0.0225. The summed E-state index contributed by atoms with van der Waals surface area (Å²) in [4.78, 5) is 35.4. The molecule has 0 bridgehead atoms. The van der Waals surface area contributed by atoms with Crippen LogP contribution in [0.2, 0.25) is 0 Å². The van der Waals surface area contributed by atoms with Gasteiger partial charge in [-0.05, 0) is 6.42 Å². The summed E-state index contributed by atoms with van der Waals surface area (Å²) >= 11 is 0. The molecule has 0 aliphatic carbocycles. The van der Waals surface area contributed by atoms with Gasteiger partial charge in [-0.3, -0.25) is 19.3 Å². The Bertz CT molecular complexity index is 386. The van der Waals surface area contributed by atoms with E-state index >= 15 is 0 Å². The van der Waals surface area contributed by atoms with Crippen molar-refractivity contribution in [3.05, 3.63) is 0 Å². The van der Waals surface area contributed by atoms with Gasteiger partial charge in [0.2, 0.25) is 11.8 Å². The summed E-state index contributed by atoms with van der Waals surface area (Å²) in [5.41, 5.74) is 0. The number of likely N-dealkylation sites (N-methyl/N-ethyl adjacent to an activating group) is 1. The number of rotatable bonds is 4. The van der Waals surface area contributed by atoms with E-state index < -0.39 is 23.8 Å². The largest absolute Gasteiger partial charge is 0.343 e. The maximum atomic E-state index is 11.7.